The summed E-state index contributed by atoms with van der Waals surface area (Å²) in [6, 6.07) is 4.69. The van der Waals surface area contributed by atoms with Gasteiger partial charge in [-0.05, 0) is 56.0 Å². The number of aliphatic hydroxyl groups excluding tert-OH is 1. The fourth-order valence-corrected chi connectivity index (χ4v) is 1.86. The van der Waals surface area contributed by atoms with Gasteiger partial charge in [-0.25, -0.2) is 4.39 Å². The first-order chi connectivity index (χ1) is 7.04. The lowest BCUT2D eigenvalue weighted by molar-refractivity contribution is 0.175. The summed E-state index contributed by atoms with van der Waals surface area (Å²) < 4.78 is 12.9. The van der Waals surface area contributed by atoms with E-state index in [2.05, 4.69) is 0 Å². The molecule has 3 heteroatoms. The number of nitrogens with two attached hydrogens (primary N) is 1. The minimum absolute atomic E-state index is 0.102. The third-order valence-corrected chi connectivity index (χ3v) is 2.58. The molecule has 15 heavy (non-hydrogen) atoms. The van der Waals surface area contributed by atoms with Crippen molar-refractivity contribution in [2.45, 2.75) is 32.3 Å². The molecule has 3 N–H and O–H groups in total. The van der Waals surface area contributed by atoms with E-state index >= 15 is 0 Å². The molecule has 0 saturated heterocycles. The van der Waals surface area contributed by atoms with Crippen molar-refractivity contribution in [3.8, 4) is 0 Å². The third-order valence-electron chi connectivity index (χ3n) is 2.58. The molecule has 84 valence electrons. The highest BCUT2D eigenvalue weighted by molar-refractivity contribution is 5.30. The molecule has 0 bridgehead atoms. The molecule has 2 nitrogen and oxygen atoms in total. The van der Waals surface area contributed by atoms with Crippen LogP contribution in [-0.2, 0) is 0 Å². The Hall–Kier alpha value is -0.930. The molecule has 0 fully saturated rings. The van der Waals surface area contributed by atoms with Crippen molar-refractivity contribution in [1.29, 1.82) is 0 Å². The highest BCUT2D eigenvalue weighted by Gasteiger charge is 2.14. The summed E-state index contributed by atoms with van der Waals surface area (Å²) in [4.78, 5) is 0. The average molecular weight is 211 g/mol. The third kappa shape index (κ3) is 3.29. The quantitative estimate of drug-likeness (QED) is 0.799. The molecule has 0 amide bonds. The lowest BCUT2D eigenvalue weighted by Gasteiger charge is -2.19. The van der Waals surface area contributed by atoms with E-state index in [0.29, 0.717) is 13.0 Å². The Bertz CT molecular complexity index is 325. The van der Waals surface area contributed by atoms with E-state index in [1.165, 1.54) is 12.1 Å². The first-order valence-corrected chi connectivity index (χ1v) is 5.18. The van der Waals surface area contributed by atoms with E-state index in [1.807, 2.05) is 6.92 Å². The maximum Gasteiger partial charge on any atom is 0.123 e. The lowest BCUT2D eigenvalue weighted by atomic mass is 9.90. The molecule has 1 rings (SSSR count). The van der Waals surface area contributed by atoms with Crippen LogP contribution in [0.15, 0.2) is 18.2 Å². The van der Waals surface area contributed by atoms with E-state index in [1.54, 1.807) is 13.0 Å². The summed E-state index contributed by atoms with van der Waals surface area (Å²) in [5.74, 6) is -0.130. The number of benzene rings is 1. The molecule has 0 aliphatic carbocycles. The van der Waals surface area contributed by atoms with Gasteiger partial charge in [-0.1, -0.05) is 6.07 Å². The first-order valence-electron chi connectivity index (χ1n) is 5.18. The molecule has 1 aromatic rings. The molecule has 2 atom stereocenters. The largest absolute Gasteiger partial charge is 0.393 e. The zero-order valence-electron chi connectivity index (χ0n) is 9.20. The van der Waals surface area contributed by atoms with Gasteiger partial charge in [0.2, 0.25) is 0 Å². The fraction of sp³-hybridized carbons (Fsp3) is 0.500. The minimum atomic E-state index is -0.386. The van der Waals surface area contributed by atoms with E-state index in [4.69, 9.17) is 5.73 Å². The molecule has 0 aliphatic heterocycles. The van der Waals surface area contributed by atoms with Crippen LogP contribution in [0, 0.1) is 12.7 Å². The van der Waals surface area contributed by atoms with Gasteiger partial charge in [0, 0.05) is 0 Å². The van der Waals surface area contributed by atoms with Crippen molar-refractivity contribution >= 4 is 0 Å². The van der Waals surface area contributed by atoms with Crippen molar-refractivity contribution in [2.24, 2.45) is 5.73 Å². The van der Waals surface area contributed by atoms with Gasteiger partial charge < -0.3 is 10.8 Å². The summed E-state index contributed by atoms with van der Waals surface area (Å²) in [5, 5.41) is 9.33. The number of hydrogen-bond donors (Lipinski definition) is 2. The summed E-state index contributed by atoms with van der Waals surface area (Å²) in [6.45, 7) is 4.07. The number of aryl methyl sites for hydroxylation is 1. The van der Waals surface area contributed by atoms with Crippen LogP contribution in [0.1, 0.15) is 30.4 Å². The second-order valence-electron chi connectivity index (χ2n) is 4.02. The molecule has 1 aromatic carbocycles. The van der Waals surface area contributed by atoms with Crippen LogP contribution in [0.4, 0.5) is 4.39 Å². The van der Waals surface area contributed by atoms with Crippen LogP contribution >= 0.6 is 0 Å². The second kappa shape index (κ2) is 5.24. The van der Waals surface area contributed by atoms with Gasteiger partial charge in [0.1, 0.15) is 5.82 Å². The van der Waals surface area contributed by atoms with Crippen molar-refractivity contribution in [3.05, 3.63) is 35.1 Å². The number of rotatable bonds is 4. The van der Waals surface area contributed by atoms with Gasteiger partial charge in [0.25, 0.3) is 0 Å². The Labute approximate surface area is 89.9 Å². The van der Waals surface area contributed by atoms with Crippen LogP contribution in [0.3, 0.4) is 0 Å². The first kappa shape index (κ1) is 12.1. The van der Waals surface area contributed by atoms with Crippen LogP contribution in [0.5, 0.6) is 0 Å². The molecule has 0 saturated carbocycles. The highest BCUT2D eigenvalue weighted by Crippen LogP contribution is 2.24. The monoisotopic (exact) mass is 211 g/mol. The molecule has 0 aliphatic rings. The zero-order valence-corrected chi connectivity index (χ0v) is 9.20. The smallest absolute Gasteiger partial charge is 0.123 e. The predicted molar refractivity (Wildman–Crippen MR) is 59.2 cm³/mol. The number of aliphatic hydroxyl groups is 1. The number of halogens is 1. The molecular weight excluding hydrogens is 193 g/mol. The summed E-state index contributed by atoms with van der Waals surface area (Å²) >= 11 is 0. The van der Waals surface area contributed by atoms with Gasteiger partial charge in [-0.3, -0.25) is 0 Å². The normalized spacial score (nSPS) is 15.0. The number of hydrogen-bond acceptors (Lipinski definition) is 2. The van der Waals surface area contributed by atoms with Crippen LogP contribution in [-0.4, -0.2) is 17.8 Å². The van der Waals surface area contributed by atoms with Crippen LogP contribution < -0.4 is 5.73 Å². The average Bonchev–Trinajstić information content (AvgIpc) is 2.14. The maximum absolute atomic E-state index is 12.9. The summed E-state index contributed by atoms with van der Waals surface area (Å²) in [5.41, 5.74) is 7.58. The molecule has 0 heterocycles. The Kier molecular flexibility index (Phi) is 4.24. The topological polar surface area (TPSA) is 46.2 Å². The molecule has 0 aromatic heterocycles. The van der Waals surface area contributed by atoms with Gasteiger partial charge in [-0.15, -0.1) is 0 Å². The predicted octanol–water partition coefficient (Wildman–Crippen LogP) is 1.95. The Morgan fingerprint density at radius 1 is 1.47 bits per heavy atom. The van der Waals surface area contributed by atoms with Crippen LogP contribution in [0.25, 0.3) is 0 Å². The summed E-state index contributed by atoms with van der Waals surface area (Å²) in [7, 11) is 0. The Balaban J connectivity index is 2.91. The SMILES string of the molecule is Cc1cc(F)ccc1C(CN)CC(C)O. The highest BCUT2D eigenvalue weighted by atomic mass is 19.1. The molecule has 2 unspecified atom stereocenters. The minimum Gasteiger partial charge on any atom is -0.393 e. The Morgan fingerprint density at radius 2 is 2.13 bits per heavy atom. The van der Waals surface area contributed by atoms with Crippen molar-refractivity contribution < 1.29 is 9.50 Å². The fourth-order valence-electron chi connectivity index (χ4n) is 1.86. The van der Waals surface area contributed by atoms with Crippen molar-refractivity contribution in [3.63, 3.8) is 0 Å². The molecule has 0 radical (unpaired) electrons. The van der Waals surface area contributed by atoms with Gasteiger partial charge in [0.05, 0.1) is 6.10 Å². The zero-order chi connectivity index (χ0) is 11.4. The second-order valence-corrected chi connectivity index (χ2v) is 4.02. The standard InChI is InChI=1S/C12H18FNO/c1-8-5-11(13)3-4-12(8)10(7-14)6-9(2)15/h3-5,9-10,15H,6-7,14H2,1-2H3. The summed E-state index contributed by atoms with van der Waals surface area (Å²) in [6.07, 6.45) is 0.228. The van der Waals surface area contributed by atoms with Crippen molar-refractivity contribution in [1.82, 2.24) is 0 Å². The van der Waals surface area contributed by atoms with Gasteiger partial charge in [0.15, 0.2) is 0 Å². The van der Waals surface area contributed by atoms with Crippen LogP contribution in [0.2, 0.25) is 0 Å². The van der Waals surface area contributed by atoms with Gasteiger partial charge >= 0.3 is 0 Å². The van der Waals surface area contributed by atoms with E-state index < -0.39 is 0 Å². The maximum atomic E-state index is 12.9. The van der Waals surface area contributed by atoms with Crippen molar-refractivity contribution in [2.75, 3.05) is 6.54 Å². The van der Waals surface area contributed by atoms with E-state index in [0.717, 1.165) is 11.1 Å². The van der Waals surface area contributed by atoms with E-state index in [9.17, 15) is 9.50 Å². The van der Waals surface area contributed by atoms with E-state index in [-0.39, 0.29) is 17.8 Å². The Morgan fingerprint density at radius 3 is 2.60 bits per heavy atom. The molecular formula is C12H18FNO. The molecule has 0 spiro atoms. The lowest BCUT2D eigenvalue weighted by Crippen LogP contribution is -2.18. The van der Waals surface area contributed by atoms with Gasteiger partial charge in [-0.2, -0.15) is 0 Å².